The fraction of sp³-hybridized carbons (Fsp3) is 0.375. The number of carbonyl (C=O) groups excluding carboxylic acids is 2. The molecule has 3 aromatic rings. The van der Waals surface area contributed by atoms with Crippen LogP contribution in [0.4, 0.5) is 5.69 Å². The molecule has 2 atom stereocenters. The number of anilines is 1. The molecule has 0 saturated carbocycles. The Labute approximate surface area is 265 Å². The molecule has 0 aliphatic heterocycles. The molecule has 0 radical (unpaired) electrons. The summed E-state index contributed by atoms with van der Waals surface area (Å²) in [6.07, 6.45) is 2.35. The smallest absolute Gasteiger partial charge is 0.243 e. The molecule has 0 bridgehead atoms. The summed E-state index contributed by atoms with van der Waals surface area (Å²) >= 11 is 12.8. The zero-order chi connectivity index (χ0) is 31.6. The molecule has 0 spiro atoms. The van der Waals surface area contributed by atoms with Crippen molar-refractivity contribution >= 4 is 50.7 Å². The molecule has 0 aliphatic rings. The van der Waals surface area contributed by atoms with Crippen LogP contribution < -0.4 is 14.4 Å². The number of methoxy groups -OCH3 is 1. The maximum absolute atomic E-state index is 14.0. The van der Waals surface area contributed by atoms with Crippen molar-refractivity contribution in [3.8, 4) is 5.75 Å². The number of rotatable bonds is 15. The second kappa shape index (κ2) is 16.0. The Bertz CT molecular complexity index is 1490. The maximum atomic E-state index is 14.0. The summed E-state index contributed by atoms with van der Waals surface area (Å²) in [4.78, 5) is 29.2. The normalized spacial score (nSPS) is 12.7. The quantitative estimate of drug-likeness (QED) is 0.215. The Kier molecular flexibility index (Phi) is 12.7. The standard InChI is InChI=1S/C32H39Cl2N3O5S/c1-5-23(2)35-32(39)29(20-24-12-7-6-8-13-24)36(22-25-14-9-10-15-27(25)33)31(38)16-11-19-37(43(4,40)41)26-17-18-30(42-3)28(34)21-26/h6-10,12-15,17-18,21,23,29H,5,11,16,19-20,22H2,1-4H3,(H,35,39)/t23-,29+/m1/s1. The molecule has 8 nitrogen and oxygen atoms in total. The monoisotopic (exact) mass is 647 g/mol. The molecule has 0 aromatic heterocycles. The maximum Gasteiger partial charge on any atom is 0.243 e. The molecule has 3 aromatic carbocycles. The summed E-state index contributed by atoms with van der Waals surface area (Å²) in [5, 5.41) is 3.80. The zero-order valence-corrected chi connectivity index (χ0v) is 27.3. The minimum absolute atomic E-state index is 0.00224. The molecule has 0 fully saturated rings. The average Bonchev–Trinajstić information content (AvgIpc) is 2.97. The number of benzene rings is 3. The van der Waals surface area contributed by atoms with Gasteiger partial charge in [0, 0.05) is 37.0 Å². The second-order valence-corrected chi connectivity index (χ2v) is 13.1. The van der Waals surface area contributed by atoms with Crippen LogP contribution in [-0.2, 0) is 32.6 Å². The van der Waals surface area contributed by atoms with Gasteiger partial charge < -0.3 is 15.0 Å². The third-order valence-corrected chi connectivity index (χ3v) is 9.00. The van der Waals surface area contributed by atoms with E-state index in [1.54, 1.807) is 29.2 Å². The molecule has 3 rings (SSSR count). The van der Waals surface area contributed by atoms with Crippen LogP contribution in [-0.4, -0.2) is 57.1 Å². The Morgan fingerprint density at radius 1 is 0.977 bits per heavy atom. The SMILES string of the molecule is CC[C@@H](C)NC(=O)[C@H](Cc1ccccc1)N(Cc1ccccc1Cl)C(=O)CCCN(c1ccc(OC)c(Cl)c1)S(C)(=O)=O. The highest BCUT2D eigenvalue weighted by Gasteiger charge is 2.31. The van der Waals surface area contributed by atoms with E-state index < -0.39 is 16.1 Å². The summed E-state index contributed by atoms with van der Waals surface area (Å²) < 4.78 is 31.8. The van der Waals surface area contributed by atoms with Gasteiger partial charge in [0.05, 0.1) is 24.1 Å². The minimum atomic E-state index is -3.69. The van der Waals surface area contributed by atoms with E-state index in [1.807, 2.05) is 56.3 Å². The number of sulfonamides is 1. The molecule has 1 N–H and O–H groups in total. The highest BCUT2D eigenvalue weighted by Crippen LogP contribution is 2.30. The van der Waals surface area contributed by atoms with Crippen molar-refractivity contribution in [3.63, 3.8) is 0 Å². The van der Waals surface area contributed by atoms with Crippen molar-refractivity contribution < 1.29 is 22.7 Å². The molecule has 0 heterocycles. The van der Waals surface area contributed by atoms with Gasteiger partial charge in [0.1, 0.15) is 11.8 Å². The number of nitrogens with one attached hydrogen (secondary N) is 1. The fourth-order valence-corrected chi connectivity index (χ4v) is 6.02. The van der Waals surface area contributed by atoms with Crippen LogP contribution in [0.3, 0.4) is 0 Å². The lowest BCUT2D eigenvalue weighted by atomic mass is 10.0. The summed E-state index contributed by atoms with van der Waals surface area (Å²) in [6.45, 7) is 4.06. The molecule has 0 unspecified atom stereocenters. The van der Waals surface area contributed by atoms with Crippen LogP contribution in [0, 0.1) is 0 Å². The van der Waals surface area contributed by atoms with Gasteiger partial charge in [0.15, 0.2) is 0 Å². The van der Waals surface area contributed by atoms with E-state index in [0.717, 1.165) is 18.2 Å². The summed E-state index contributed by atoms with van der Waals surface area (Å²) in [7, 11) is -2.21. The number of halogens is 2. The number of hydrogen-bond donors (Lipinski definition) is 1. The van der Waals surface area contributed by atoms with Crippen molar-refractivity contribution in [1.29, 1.82) is 0 Å². The molecule has 11 heteroatoms. The summed E-state index contributed by atoms with van der Waals surface area (Å²) in [6, 6.07) is 20.6. The number of amides is 2. The van der Waals surface area contributed by atoms with Gasteiger partial charge in [-0.25, -0.2) is 8.42 Å². The summed E-state index contributed by atoms with van der Waals surface area (Å²) in [5.74, 6) is -0.130. The lowest BCUT2D eigenvalue weighted by Crippen LogP contribution is -2.52. The molecule has 43 heavy (non-hydrogen) atoms. The predicted octanol–water partition coefficient (Wildman–Crippen LogP) is 6.10. The first kappa shape index (κ1) is 34.2. The first-order valence-electron chi connectivity index (χ1n) is 14.1. The van der Waals surface area contributed by atoms with Crippen molar-refractivity contribution in [2.45, 2.75) is 58.2 Å². The fourth-order valence-electron chi connectivity index (χ4n) is 4.62. The van der Waals surface area contributed by atoms with E-state index >= 15 is 0 Å². The molecular formula is C32H39Cl2N3O5S. The van der Waals surface area contributed by atoms with E-state index in [2.05, 4.69) is 5.32 Å². The van der Waals surface area contributed by atoms with Crippen molar-refractivity contribution in [1.82, 2.24) is 10.2 Å². The zero-order valence-electron chi connectivity index (χ0n) is 24.9. The van der Waals surface area contributed by atoms with Crippen LogP contribution in [0.15, 0.2) is 72.8 Å². The molecule has 0 aliphatic carbocycles. The number of hydrogen-bond acceptors (Lipinski definition) is 5. The minimum Gasteiger partial charge on any atom is -0.495 e. The average molecular weight is 649 g/mol. The second-order valence-electron chi connectivity index (χ2n) is 10.4. The van der Waals surface area contributed by atoms with E-state index in [0.29, 0.717) is 28.4 Å². The molecule has 232 valence electrons. The Balaban J connectivity index is 1.90. The number of carbonyl (C=O) groups is 2. The van der Waals surface area contributed by atoms with Crippen LogP contribution in [0.25, 0.3) is 0 Å². The molecule has 0 saturated heterocycles. The Morgan fingerprint density at radius 3 is 2.26 bits per heavy atom. The van der Waals surface area contributed by atoms with E-state index in [-0.39, 0.29) is 48.8 Å². The van der Waals surface area contributed by atoms with Gasteiger partial charge in [-0.15, -0.1) is 0 Å². The Hall–Kier alpha value is -3.27. The number of nitrogens with zero attached hydrogens (tertiary/aromatic N) is 2. The van der Waals surface area contributed by atoms with Gasteiger partial charge in [-0.05, 0) is 55.2 Å². The van der Waals surface area contributed by atoms with Crippen LogP contribution >= 0.6 is 23.2 Å². The molecule has 2 amide bonds. The van der Waals surface area contributed by atoms with Gasteiger partial charge >= 0.3 is 0 Å². The van der Waals surface area contributed by atoms with E-state index in [9.17, 15) is 18.0 Å². The lowest BCUT2D eigenvalue weighted by molar-refractivity contribution is -0.141. The van der Waals surface area contributed by atoms with E-state index in [1.165, 1.54) is 17.5 Å². The van der Waals surface area contributed by atoms with Crippen LogP contribution in [0.5, 0.6) is 5.75 Å². The topological polar surface area (TPSA) is 96.0 Å². The van der Waals surface area contributed by atoms with Gasteiger partial charge in [0.2, 0.25) is 21.8 Å². The first-order valence-corrected chi connectivity index (χ1v) is 16.7. The van der Waals surface area contributed by atoms with Crippen LogP contribution in [0.2, 0.25) is 10.0 Å². The van der Waals surface area contributed by atoms with E-state index in [4.69, 9.17) is 27.9 Å². The highest BCUT2D eigenvalue weighted by atomic mass is 35.5. The predicted molar refractivity (Wildman–Crippen MR) is 173 cm³/mol. The summed E-state index contributed by atoms with van der Waals surface area (Å²) in [5.41, 5.74) is 1.98. The number of ether oxygens (including phenoxy) is 1. The lowest BCUT2D eigenvalue weighted by Gasteiger charge is -2.33. The largest absolute Gasteiger partial charge is 0.495 e. The van der Waals surface area contributed by atoms with Gasteiger partial charge in [0.25, 0.3) is 0 Å². The highest BCUT2D eigenvalue weighted by molar-refractivity contribution is 7.92. The van der Waals surface area contributed by atoms with Gasteiger partial charge in [-0.1, -0.05) is 78.7 Å². The van der Waals surface area contributed by atoms with Crippen LogP contribution in [0.1, 0.15) is 44.2 Å². The van der Waals surface area contributed by atoms with Crippen molar-refractivity contribution in [2.75, 3.05) is 24.2 Å². The Morgan fingerprint density at radius 2 is 1.65 bits per heavy atom. The van der Waals surface area contributed by atoms with Crippen molar-refractivity contribution in [3.05, 3.63) is 94.0 Å². The third kappa shape index (κ3) is 9.88. The third-order valence-electron chi connectivity index (χ3n) is 7.15. The van der Waals surface area contributed by atoms with Crippen molar-refractivity contribution in [2.24, 2.45) is 0 Å². The van der Waals surface area contributed by atoms with Gasteiger partial charge in [-0.2, -0.15) is 0 Å². The van der Waals surface area contributed by atoms with Gasteiger partial charge in [-0.3, -0.25) is 13.9 Å². The molecular weight excluding hydrogens is 609 g/mol. The first-order chi connectivity index (χ1) is 20.4.